The fourth-order valence-electron chi connectivity index (χ4n) is 13.1. The third-order valence-corrected chi connectivity index (χ3v) is 17.8. The molecule has 2 aromatic heterocycles. The molecule has 2 unspecified atom stereocenters. The molecule has 0 N–H and O–H groups in total. The highest BCUT2D eigenvalue weighted by atomic mass is 32.1. The number of hydrogen-bond acceptors (Lipinski definition) is 5. The molecule has 1 saturated carbocycles. The first-order valence-corrected chi connectivity index (χ1v) is 25.1. The van der Waals surface area contributed by atoms with Crippen LogP contribution >= 0.6 is 11.3 Å². The lowest BCUT2D eigenvalue weighted by molar-refractivity contribution is 0.195. The Morgan fingerprint density at radius 3 is 2.07 bits per heavy atom. The molecule has 326 valence electrons. The number of fused-ring (bicyclic) bond motifs is 13. The Morgan fingerprint density at radius 2 is 1.22 bits per heavy atom. The predicted molar refractivity (Wildman–Crippen MR) is 287 cm³/mol. The van der Waals surface area contributed by atoms with Crippen LogP contribution in [0.1, 0.15) is 77.0 Å². The summed E-state index contributed by atoms with van der Waals surface area (Å²) in [5.41, 5.74) is 19.7. The summed E-state index contributed by atoms with van der Waals surface area (Å²) >= 11 is 1.91. The Labute approximate surface area is 397 Å². The molecule has 0 bridgehead atoms. The van der Waals surface area contributed by atoms with E-state index in [1.165, 1.54) is 112 Å². The molecule has 67 heavy (non-hydrogen) atoms. The molecule has 10 aromatic rings. The molecule has 0 amide bonds. The number of rotatable bonds is 3. The van der Waals surface area contributed by atoms with E-state index in [0.29, 0.717) is 0 Å². The smallest absolute Gasteiger partial charge is 0.252 e. The number of thiophene rings is 1. The van der Waals surface area contributed by atoms with Gasteiger partial charge in [0.25, 0.3) is 6.71 Å². The third-order valence-electron chi connectivity index (χ3n) is 16.6. The van der Waals surface area contributed by atoms with Gasteiger partial charge in [-0.3, -0.25) is 0 Å². The van der Waals surface area contributed by atoms with Crippen LogP contribution in [0.3, 0.4) is 0 Å². The first-order valence-electron chi connectivity index (χ1n) is 24.2. The van der Waals surface area contributed by atoms with Gasteiger partial charge >= 0.3 is 0 Å². The van der Waals surface area contributed by atoms with Crippen LogP contribution in [0.5, 0.6) is 0 Å². The molecule has 0 radical (unpaired) electrons. The van der Waals surface area contributed by atoms with Crippen molar-refractivity contribution in [3.63, 3.8) is 0 Å². The van der Waals surface area contributed by atoms with E-state index in [0.717, 1.165) is 34.0 Å². The topological polar surface area (TPSA) is 22.9 Å². The van der Waals surface area contributed by atoms with Crippen molar-refractivity contribution in [3.05, 3.63) is 174 Å². The monoisotopic (exact) mass is 885 g/mol. The Kier molecular flexibility index (Phi) is 8.04. The maximum atomic E-state index is 6.61. The highest BCUT2D eigenvalue weighted by molar-refractivity contribution is 7.26. The SMILES string of the molecule is Cc1cc2c3c(c1)N(c1cccc4c1sc1ccccc14)c1cc(N4c5ccccc5C5(C)CCCCC45C)ccc1B3c1ccc(C(C)(C)C)cc1N2c1ccc2c(c1)oc1ccccc12. The average molecular weight is 886 g/mol. The number of benzene rings is 8. The van der Waals surface area contributed by atoms with Gasteiger partial charge in [0.1, 0.15) is 11.2 Å². The van der Waals surface area contributed by atoms with Gasteiger partial charge in [-0.15, -0.1) is 11.3 Å². The minimum Gasteiger partial charge on any atom is -0.456 e. The zero-order valence-electron chi connectivity index (χ0n) is 39.1. The van der Waals surface area contributed by atoms with Gasteiger partial charge in [-0.25, -0.2) is 0 Å². The van der Waals surface area contributed by atoms with Crippen molar-refractivity contribution in [2.24, 2.45) is 0 Å². The summed E-state index contributed by atoms with van der Waals surface area (Å²) in [6.07, 6.45) is 4.87. The largest absolute Gasteiger partial charge is 0.456 e. The lowest BCUT2D eigenvalue weighted by atomic mass is 9.33. The van der Waals surface area contributed by atoms with Crippen molar-refractivity contribution in [1.82, 2.24) is 0 Å². The standard InChI is InChI=1S/C61H52BN3OS/c1-37-32-52-57-53(33-37)64(49-21-15-18-44-43-17-8-12-23-56(43)67-58(44)49)51-35-40(65-48-20-10-9-19-45(48)60(5)30-13-14-31-61(60,65)6)26-29-47(51)62(57)46-28-24-38(59(2,3)4)34-50(46)63(52)39-25-27-42-41-16-7-11-22-54(41)66-55(42)36-39/h7-12,15-29,32-36H,13-14,30-31H2,1-6H3. The van der Waals surface area contributed by atoms with Crippen LogP contribution < -0.4 is 31.1 Å². The van der Waals surface area contributed by atoms with E-state index in [1.807, 2.05) is 11.3 Å². The molecule has 3 aliphatic heterocycles. The van der Waals surface area contributed by atoms with E-state index < -0.39 is 0 Å². The molecule has 8 aromatic carbocycles. The molecule has 6 heteroatoms. The van der Waals surface area contributed by atoms with E-state index >= 15 is 0 Å². The second-order valence-corrected chi connectivity index (χ2v) is 22.3. The zero-order chi connectivity index (χ0) is 45.1. The highest BCUT2D eigenvalue weighted by Gasteiger charge is 2.58. The van der Waals surface area contributed by atoms with E-state index in [2.05, 4.69) is 214 Å². The highest BCUT2D eigenvalue weighted by Crippen LogP contribution is 2.61. The van der Waals surface area contributed by atoms with Crippen LogP contribution in [0.2, 0.25) is 0 Å². The molecular weight excluding hydrogens is 834 g/mol. The normalized spacial score (nSPS) is 19.6. The van der Waals surface area contributed by atoms with Crippen LogP contribution in [-0.4, -0.2) is 12.3 Å². The molecule has 4 aliphatic rings. The van der Waals surface area contributed by atoms with Gasteiger partial charge in [-0.1, -0.05) is 125 Å². The molecule has 5 heterocycles. The Morgan fingerprint density at radius 1 is 0.552 bits per heavy atom. The molecule has 4 nitrogen and oxygen atoms in total. The van der Waals surface area contributed by atoms with Gasteiger partial charge in [-0.2, -0.15) is 0 Å². The fourth-order valence-corrected chi connectivity index (χ4v) is 14.3. The summed E-state index contributed by atoms with van der Waals surface area (Å²) in [5.74, 6) is 0. The summed E-state index contributed by atoms with van der Waals surface area (Å²) in [6.45, 7) is 14.4. The second-order valence-electron chi connectivity index (χ2n) is 21.3. The van der Waals surface area contributed by atoms with Crippen molar-refractivity contribution in [3.8, 4) is 0 Å². The minimum absolute atomic E-state index is 0.00380. The maximum absolute atomic E-state index is 6.61. The first-order chi connectivity index (χ1) is 32.5. The van der Waals surface area contributed by atoms with Gasteiger partial charge in [0.05, 0.1) is 15.9 Å². The first kappa shape index (κ1) is 39.4. The molecule has 1 fully saturated rings. The summed E-state index contributed by atoms with van der Waals surface area (Å²) in [7, 11) is 0. The Balaban J connectivity index is 1.07. The number of nitrogens with zero attached hydrogens (tertiary/aromatic N) is 3. The van der Waals surface area contributed by atoms with Gasteiger partial charge < -0.3 is 19.1 Å². The van der Waals surface area contributed by atoms with Crippen LogP contribution in [0.15, 0.2) is 162 Å². The zero-order valence-corrected chi connectivity index (χ0v) is 39.9. The summed E-state index contributed by atoms with van der Waals surface area (Å²) < 4.78 is 9.23. The third kappa shape index (κ3) is 5.31. The maximum Gasteiger partial charge on any atom is 0.252 e. The summed E-state index contributed by atoms with van der Waals surface area (Å²) in [6, 6.07) is 60.2. The van der Waals surface area contributed by atoms with Crippen molar-refractivity contribution >= 4 is 122 Å². The number of hydrogen-bond donors (Lipinski definition) is 0. The minimum atomic E-state index is -0.0575. The summed E-state index contributed by atoms with van der Waals surface area (Å²) in [5, 5.41) is 4.90. The van der Waals surface area contributed by atoms with Crippen molar-refractivity contribution in [2.75, 3.05) is 14.7 Å². The average Bonchev–Trinajstić information content (AvgIpc) is 3.96. The van der Waals surface area contributed by atoms with Crippen LogP contribution in [0, 0.1) is 6.92 Å². The lowest BCUT2D eigenvalue weighted by Gasteiger charge is -2.50. The van der Waals surface area contributed by atoms with Crippen LogP contribution in [-0.2, 0) is 10.8 Å². The number of furan rings is 1. The van der Waals surface area contributed by atoms with Gasteiger partial charge in [0.2, 0.25) is 0 Å². The van der Waals surface area contributed by atoms with Crippen molar-refractivity contribution in [1.29, 1.82) is 0 Å². The van der Waals surface area contributed by atoms with Crippen molar-refractivity contribution in [2.45, 2.75) is 83.6 Å². The number of para-hydroxylation sites is 2. The molecule has 1 aliphatic carbocycles. The van der Waals surface area contributed by atoms with Gasteiger partial charge in [-0.05, 0) is 132 Å². The van der Waals surface area contributed by atoms with Crippen LogP contribution in [0.4, 0.5) is 45.5 Å². The van der Waals surface area contributed by atoms with Crippen LogP contribution in [0.25, 0.3) is 42.1 Å². The molecule has 0 spiro atoms. The number of anilines is 8. The molecular formula is C61H52BN3OS. The Hall–Kier alpha value is -6.76. The fraction of sp³-hybridized carbons (Fsp3) is 0.213. The van der Waals surface area contributed by atoms with E-state index in [9.17, 15) is 0 Å². The molecule has 0 saturated heterocycles. The van der Waals surface area contributed by atoms with E-state index in [1.54, 1.807) is 0 Å². The van der Waals surface area contributed by atoms with Crippen molar-refractivity contribution < 1.29 is 4.42 Å². The second kappa shape index (κ2) is 13.7. The Bertz CT molecular complexity index is 3750. The van der Waals surface area contributed by atoms with Gasteiger partial charge in [0, 0.05) is 77.5 Å². The van der Waals surface area contributed by atoms with E-state index in [4.69, 9.17) is 4.42 Å². The van der Waals surface area contributed by atoms with Gasteiger partial charge in [0.15, 0.2) is 0 Å². The predicted octanol–water partition coefficient (Wildman–Crippen LogP) is 15.4. The molecule has 14 rings (SSSR count). The lowest BCUT2D eigenvalue weighted by Crippen LogP contribution is -2.61. The molecule has 2 atom stereocenters. The van der Waals surface area contributed by atoms with E-state index in [-0.39, 0.29) is 23.1 Å². The quantitative estimate of drug-likeness (QED) is 0.165. The summed E-state index contributed by atoms with van der Waals surface area (Å²) in [4.78, 5) is 7.94. The number of aryl methyl sites for hydroxylation is 1.